The number of nitrogens with zero attached hydrogens (tertiary/aromatic N) is 1. The third kappa shape index (κ3) is 5.73. The summed E-state index contributed by atoms with van der Waals surface area (Å²) in [5.41, 5.74) is 1.96. The van der Waals surface area contributed by atoms with E-state index in [0.717, 1.165) is 24.9 Å². The van der Waals surface area contributed by atoms with E-state index in [9.17, 15) is 9.59 Å². The van der Waals surface area contributed by atoms with Crippen molar-refractivity contribution in [2.24, 2.45) is 0 Å². The molecule has 0 spiro atoms. The molecule has 110 valence electrons. The van der Waals surface area contributed by atoms with Crippen molar-refractivity contribution in [3.05, 3.63) is 29.8 Å². The lowest BCUT2D eigenvalue weighted by Gasteiger charge is -2.22. The third-order valence-electron chi connectivity index (χ3n) is 3.04. The molecule has 0 atom stereocenters. The zero-order valence-electron chi connectivity index (χ0n) is 11.7. The van der Waals surface area contributed by atoms with Gasteiger partial charge in [0.25, 0.3) is 0 Å². The van der Waals surface area contributed by atoms with Gasteiger partial charge in [-0.2, -0.15) is 0 Å². The SMILES string of the molecule is CCCCc1ccc(N(CCC(=O)O)CC(=O)O)cc1. The fraction of sp³-hybridized carbons (Fsp3) is 0.467. The van der Waals surface area contributed by atoms with Gasteiger partial charge in [-0.15, -0.1) is 0 Å². The molecule has 0 fully saturated rings. The molecule has 5 heteroatoms. The topological polar surface area (TPSA) is 77.8 Å². The molecular formula is C15H21NO4. The molecule has 0 unspecified atom stereocenters. The number of carboxylic acids is 2. The number of hydrogen-bond acceptors (Lipinski definition) is 3. The molecule has 0 aromatic heterocycles. The minimum atomic E-state index is -0.967. The van der Waals surface area contributed by atoms with Crippen molar-refractivity contribution < 1.29 is 19.8 Å². The van der Waals surface area contributed by atoms with E-state index in [0.29, 0.717) is 0 Å². The fourth-order valence-corrected chi connectivity index (χ4v) is 1.95. The summed E-state index contributed by atoms with van der Waals surface area (Å²) in [6, 6.07) is 7.66. The van der Waals surface area contributed by atoms with Gasteiger partial charge in [0.15, 0.2) is 0 Å². The van der Waals surface area contributed by atoms with Crippen LogP contribution in [0.3, 0.4) is 0 Å². The van der Waals surface area contributed by atoms with Gasteiger partial charge in [-0.3, -0.25) is 9.59 Å². The van der Waals surface area contributed by atoms with Crippen molar-refractivity contribution >= 4 is 17.6 Å². The van der Waals surface area contributed by atoms with Crippen molar-refractivity contribution in [3.63, 3.8) is 0 Å². The van der Waals surface area contributed by atoms with Gasteiger partial charge < -0.3 is 15.1 Å². The standard InChI is InChI=1S/C15H21NO4/c1-2-3-4-12-5-7-13(8-6-12)16(11-15(19)20)10-9-14(17)18/h5-8H,2-4,9-11H2,1H3,(H,17,18)(H,19,20). The fourth-order valence-electron chi connectivity index (χ4n) is 1.95. The van der Waals surface area contributed by atoms with E-state index in [1.807, 2.05) is 24.3 Å². The molecule has 0 amide bonds. The van der Waals surface area contributed by atoms with Crippen molar-refractivity contribution in [1.29, 1.82) is 0 Å². The van der Waals surface area contributed by atoms with Gasteiger partial charge in [-0.05, 0) is 30.5 Å². The Morgan fingerprint density at radius 3 is 2.25 bits per heavy atom. The highest BCUT2D eigenvalue weighted by Gasteiger charge is 2.12. The lowest BCUT2D eigenvalue weighted by Crippen LogP contribution is -2.31. The summed E-state index contributed by atoms with van der Waals surface area (Å²) < 4.78 is 0. The summed E-state index contributed by atoms with van der Waals surface area (Å²) in [6.07, 6.45) is 3.18. The molecule has 1 aromatic rings. The maximum atomic E-state index is 10.8. The molecule has 2 N–H and O–H groups in total. The molecule has 0 aliphatic heterocycles. The summed E-state index contributed by atoms with van der Waals surface area (Å²) in [7, 11) is 0. The highest BCUT2D eigenvalue weighted by molar-refractivity contribution is 5.74. The predicted molar refractivity (Wildman–Crippen MR) is 77.2 cm³/mol. The monoisotopic (exact) mass is 279 g/mol. The van der Waals surface area contributed by atoms with Crippen LogP contribution in [0.2, 0.25) is 0 Å². The first-order valence-electron chi connectivity index (χ1n) is 6.80. The first-order valence-corrected chi connectivity index (χ1v) is 6.80. The van der Waals surface area contributed by atoms with Crippen LogP contribution in [-0.4, -0.2) is 35.2 Å². The van der Waals surface area contributed by atoms with Crippen LogP contribution in [-0.2, 0) is 16.0 Å². The van der Waals surface area contributed by atoms with Gasteiger partial charge in [0, 0.05) is 12.2 Å². The maximum absolute atomic E-state index is 10.8. The molecule has 0 bridgehead atoms. The molecule has 20 heavy (non-hydrogen) atoms. The number of rotatable bonds is 9. The minimum absolute atomic E-state index is 0.0785. The maximum Gasteiger partial charge on any atom is 0.323 e. The van der Waals surface area contributed by atoms with Crippen LogP contribution in [0, 0.1) is 0 Å². The molecule has 0 saturated carbocycles. The largest absolute Gasteiger partial charge is 0.481 e. The van der Waals surface area contributed by atoms with Crippen LogP contribution in [0.5, 0.6) is 0 Å². The van der Waals surface area contributed by atoms with Crippen molar-refractivity contribution in [3.8, 4) is 0 Å². The van der Waals surface area contributed by atoms with E-state index in [4.69, 9.17) is 10.2 Å². The Kier molecular flexibility index (Phi) is 6.56. The van der Waals surface area contributed by atoms with Crippen LogP contribution in [0.15, 0.2) is 24.3 Å². The van der Waals surface area contributed by atoms with Crippen LogP contribution in [0.4, 0.5) is 5.69 Å². The number of benzene rings is 1. The molecule has 0 aliphatic carbocycles. The normalized spacial score (nSPS) is 10.2. The Bertz CT molecular complexity index is 442. The van der Waals surface area contributed by atoms with Crippen LogP contribution in [0.25, 0.3) is 0 Å². The van der Waals surface area contributed by atoms with E-state index in [-0.39, 0.29) is 19.5 Å². The van der Waals surface area contributed by atoms with Gasteiger partial charge in [-0.25, -0.2) is 0 Å². The van der Waals surface area contributed by atoms with Crippen molar-refractivity contribution in [1.82, 2.24) is 0 Å². The molecule has 0 heterocycles. The Morgan fingerprint density at radius 1 is 1.10 bits per heavy atom. The lowest BCUT2D eigenvalue weighted by atomic mass is 10.1. The summed E-state index contributed by atoms with van der Waals surface area (Å²) >= 11 is 0. The predicted octanol–water partition coefficient (Wildman–Crippen LogP) is 2.39. The number of carbonyl (C=O) groups is 2. The van der Waals surface area contributed by atoms with Gasteiger partial charge in [0.2, 0.25) is 0 Å². The summed E-state index contributed by atoms with van der Waals surface area (Å²) in [6.45, 7) is 2.13. The average molecular weight is 279 g/mol. The Hall–Kier alpha value is -2.04. The lowest BCUT2D eigenvalue weighted by molar-refractivity contribution is -0.138. The highest BCUT2D eigenvalue weighted by atomic mass is 16.4. The number of aliphatic carboxylic acids is 2. The quantitative estimate of drug-likeness (QED) is 0.725. The van der Waals surface area contributed by atoms with E-state index in [1.54, 1.807) is 4.90 Å². The van der Waals surface area contributed by atoms with Crippen LogP contribution >= 0.6 is 0 Å². The van der Waals surface area contributed by atoms with Crippen molar-refractivity contribution in [2.45, 2.75) is 32.6 Å². The highest BCUT2D eigenvalue weighted by Crippen LogP contribution is 2.17. The zero-order chi connectivity index (χ0) is 15.0. The van der Waals surface area contributed by atoms with E-state index >= 15 is 0 Å². The number of carboxylic acid groups (broad SMARTS) is 2. The number of unbranched alkanes of at least 4 members (excludes halogenated alkanes) is 1. The number of aryl methyl sites for hydroxylation is 1. The van der Waals surface area contributed by atoms with E-state index in [2.05, 4.69) is 6.92 Å². The second-order valence-electron chi connectivity index (χ2n) is 4.73. The van der Waals surface area contributed by atoms with Gasteiger partial charge in [0.1, 0.15) is 6.54 Å². The summed E-state index contributed by atoms with van der Waals surface area (Å²) in [4.78, 5) is 23.0. The number of hydrogen-bond donors (Lipinski definition) is 2. The van der Waals surface area contributed by atoms with Crippen molar-refractivity contribution in [2.75, 3.05) is 18.0 Å². The molecule has 1 aromatic carbocycles. The molecule has 0 radical (unpaired) electrons. The minimum Gasteiger partial charge on any atom is -0.481 e. The Balaban J connectivity index is 2.73. The first-order chi connectivity index (χ1) is 9.52. The van der Waals surface area contributed by atoms with Gasteiger partial charge >= 0.3 is 11.9 Å². The second-order valence-corrected chi connectivity index (χ2v) is 4.73. The Morgan fingerprint density at radius 2 is 1.75 bits per heavy atom. The van der Waals surface area contributed by atoms with E-state index in [1.165, 1.54) is 5.56 Å². The average Bonchev–Trinajstić information content (AvgIpc) is 2.41. The zero-order valence-corrected chi connectivity index (χ0v) is 11.7. The molecule has 0 saturated heterocycles. The molecule has 1 rings (SSSR count). The van der Waals surface area contributed by atoms with Gasteiger partial charge in [0.05, 0.1) is 6.42 Å². The summed E-state index contributed by atoms with van der Waals surface area (Å²) in [5, 5.41) is 17.6. The third-order valence-corrected chi connectivity index (χ3v) is 3.04. The van der Waals surface area contributed by atoms with E-state index < -0.39 is 11.9 Å². The number of anilines is 1. The molecule has 5 nitrogen and oxygen atoms in total. The smallest absolute Gasteiger partial charge is 0.323 e. The molecule has 0 aliphatic rings. The summed E-state index contributed by atoms with van der Waals surface area (Å²) in [5.74, 6) is -1.90. The van der Waals surface area contributed by atoms with Crippen LogP contribution < -0.4 is 4.90 Å². The molecular weight excluding hydrogens is 258 g/mol. The van der Waals surface area contributed by atoms with Crippen LogP contribution in [0.1, 0.15) is 31.7 Å². The van der Waals surface area contributed by atoms with Gasteiger partial charge in [-0.1, -0.05) is 25.5 Å². The first kappa shape index (κ1) is 16.0. The second kappa shape index (κ2) is 8.19. The Labute approximate surface area is 118 Å².